The maximum atomic E-state index is 13.6. The fraction of sp³-hybridized carbons (Fsp3) is 0.158. The van der Waals surface area contributed by atoms with Crippen molar-refractivity contribution < 1.29 is 28.4 Å². The molecule has 0 aliphatic heterocycles. The van der Waals surface area contributed by atoms with Gasteiger partial charge in [-0.1, -0.05) is 24.0 Å². The first kappa shape index (κ1) is 20.4. The number of halogens is 1. The molecule has 0 atom stereocenters. The number of nitrogens with one attached hydrogen (secondary N) is 1. The maximum absolute atomic E-state index is 13.6. The highest BCUT2D eigenvalue weighted by atomic mass is 19.1. The van der Waals surface area contributed by atoms with Crippen molar-refractivity contribution in [1.29, 1.82) is 0 Å². The number of methoxy groups -OCH3 is 2. The maximum Gasteiger partial charge on any atom is 0.407 e. The highest BCUT2D eigenvalue weighted by Gasteiger charge is 2.23. The first-order valence-electron chi connectivity index (χ1n) is 7.84. The van der Waals surface area contributed by atoms with Gasteiger partial charge < -0.3 is 14.8 Å². The zero-order chi connectivity index (χ0) is 20.7. The summed E-state index contributed by atoms with van der Waals surface area (Å²) in [6.45, 7) is 0.246. The van der Waals surface area contributed by atoms with Crippen LogP contribution in [0.3, 0.4) is 0 Å². The number of hydrogen-bond acceptors (Lipinski definition) is 6. The van der Waals surface area contributed by atoms with Gasteiger partial charge in [0.1, 0.15) is 11.4 Å². The first-order chi connectivity index (χ1) is 13.3. The van der Waals surface area contributed by atoms with Gasteiger partial charge in [0.15, 0.2) is 0 Å². The second-order valence-electron chi connectivity index (χ2n) is 5.39. The SMILES string of the molecule is COC(=O)NCc1ccc(C#Cc2c(C(=O)OC)cc(F)cc2[N+](=O)[O-])cc1. The molecule has 0 saturated carbocycles. The smallest absolute Gasteiger partial charge is 0.407 e. The van der Waals surface area contributed by atoms with E-state index >= 15 is 0 Å². The van der Waals surface area contributed by atoms with Crippen molar-refractivity contribution in [2.75, 3.05) is 14.2 Å². The Bertz CT molecular complexity index is 976. The van der Waals surface area contributed by atoms with E-state index in [9.17, 15) is 24.1 Å². The molecule has 0 bridgehead atoms. The molecule has 0 spiro atoms. The number of rotatable bonds is 4. The van der Waals surface area contributed by atoms with E-state index in [1.54, 1.807) is 24.3 Å². The molecule has 0 aliphatic carbocycles. The number of amides is 1. The monoisotopic (exact) mass is 386 g/mol. The molecule has 0 heterocycles. The van der Waals surface area contributed by atoms with Crippen molar-refractivity contribution in [1.82, 2.24) is 5.32 Å². The van der Waals surface area contributed by atoms with Crippen molar-refractivity contribution >= 4 is 17.7 Å². The summed E-state index contributed by atoms with van der Waals surface area (Å²) >= 11 is 0. The number of carbonyl (C=O) groups excluding carboxylic acids is 2. The van der Waals surface area contributed by atoms with Gasteiger partial charge in [-0.3, -0.25) is 10.1 Å². The number of esters is 1. The second kappa shape index (κ2) is 9.14. The van der Waals surface area contributed by atoms with Gasteiger partial charge in [-0.05, 0) is 23.8 Å². The normalized spacial score (nSPS) is 9.68. The van der Waals surface area contributed by atoms with E-state index in [1.807, 2.05) is 0 Å². The van der Waals surface area contributed by atoms with Crippen LogP contribution >= 0.6 is 0 Å². The first-order valence-corrected chi connectivity index (χ1v) is 7.84. The molecule has 0 aliphatic rings. The van der Waals surface area contributed by atoms with Crippen LogP contribution in [0.2, 0.25) is 0 Å². The van der Waals surface area contributed by atoms with Gasteiger partial charge in [0.25, 0.3) is 5.69 Å². The molecule has 0 radical (unpaired) electrons. The number of ether oxygens (including phenoxy) is 2. The van der Waals surface area contributed by atoms with Crippen molar-refractivity contribution in [3.8, 4) is 11.8 Å². The molecule has 2 rings (SSSR count). The zero-order valence-electron chi connectivity index (χ0n) is 14.9. The summed E-state index contributed by atoms with van der Waals surface area (Å²) in [6, 6.07) is 8.19. The van der Waals surface area contributed by atoms with E-state index < -0.39 is 28.5 Å². The molecule has 1 amide bonds. The highest BCUT2D eigenvalue weighted by molar-refractivity contribution is 5.94. The Hall–Kier alpha value is -3.93. The molecule has 2 aromatic rings. The molecule has 0 saturated heterocycles. The number of alkyl carbamates (subject to hydrolysis) is 1. The Morgan fingerprint density at radius 2 is 1.82 bits per heavy atom. The standard InChI is InChI=1S/C19H15FN2O6/c1-27-18(23)16-9-14(20)10-17(22(25)26)15(16)8-7-12-3-5-13(6-4-12)11-21-19(24)28-2/h3-6,9-10H,11H2,1-2H3,(H,21,24). The lowest BCUT2D eigenvalue weighted by Crippen LogP contribution is -2.22. The van der Waals surface area contributed by atoms with E-state index in [0.717, 1.165) is 18.7 Å². The van der Waals surface area contributed by atoms with Crippen molar-refractivity contribution in [3.05, 3.63) is 74.6 Å². The van der Waals surface area contributed by atoms with E-state index in [1.165, 1.54) is 7.11 Å². The number of nitro benzene ring substituents is 1. The van der Waals surface area contributed by atoms with Gasteiger partial charge in [0.05, 0.1) is 30.8 Å². The average molecular weight is 386 g/mol. The minimum atomic E-state index is -0.944. The van der Waals surface area contributed by atoms with Crippen LogP contribution in [0.15, 0.2) is 36.4 Å². The van der Waals surface area contributed by atoms with E-state index in [4.69, 9.17) is 0 Å². The van der Waals surface area contributed by atoms with Gasteiger partial charge in [-0.15, -0.1) is 0 Å². The Morgan fingerprint density at radius 3 is 2.39 bits per heavy atom. The predicted octanol–water partition coefficient (Wildman–Crippen LogP) is 2.78. The third kappa shape index (κ3) is 5.04. The molecule has 8 nitrogen and oxygen atoms in total. The summed E-state index contributed by atoms with van der Waals surface area (Å²) in [4.78, 5) is 33.3. The van der Waals surface area contributed by atoms with Gasteiger partial charge in [0, 0.05) is 12.1 Å². The summed E-state index contributed by atoms with van der Waals surface area (Å²) in [5.41, 5.74) is 0.0669. The molecule has 0 aromatic heterocycles. The fourth-order valence-corrected chi connectivity index (χ4v) is 2.23. The summed E-state index contributed by atoms with van der Waals surface area (Å²) in [6.07, 6.45) is -0.567. The molecule has 1 N–H and O–H groups in total. The predicted molar refractivity (Wildman–Crippen MR) is 96.1 cm³/mol. The van der Waals surface area contributed by atoms with Gasteiger partial charge >= 0.3 is 12.1 Å². The van der Waals surface area contributed by atoms with Gasteiger partial charge in [-0.25, -0.2) is 14.0 Å². The second-order valence-corrected chi connectivity index (χ2v) is 5.39. The Labute approximate surface area is 159 Å². The number of carbonyl (C=O) groups is 2. The largest absolute Gasteiger partial charge is 0.465 e. The van der Waals surface area contributed by atoms with Crippen molar-refractivity contribution in [2.24, 2.45) is 0 Å². The number of hydrogen-bond donors (Lipinski definition) is 1. The van der Waals surface area contributed by atoms with Gasteiger partial charge in [0.2, 0.25) is 0 Å². The van der Waals surface area contributed by atoms with Crippen molar-refractivity contribution in [2.45, 2.75) is 6.54 Å². The number of nitro groups is 1. The Morgan fingerprint density at radius 1 is 1.14 bits per heavy atom. The van der Waals surface area contributed by atoms with E-state index in [-0.39, 0.29) is 17.7 Å². The molecular weight excluding hydrogens is 371 g/mol. The third-order valence-electron chi connectivity index (χ3n) is 3.59. The molecule has 0 fully saturated rings. The van der Waals surface area contributed by atoms with Crippen LogP contribution in [0.4, 0.5) is 14.9 Å². The van der Waals surface area contributed by atoms with Crippen LogP contribution in [-0.4, -0.2) is 31.2 Å². The molecule has 2 aromatic carbocycles. The van der Waals surface area contributed by atoms with Gasteiger partial charge in [-0.2, -0.15) is 0 Å². The molecular formula is C19H15FN2O6. The quantitative estimate of drug-likeness (QED) is 0.375. The topological polar surface area (TPSA) is 108 Å². The lowest BCUT2D eigenvalue weighted by atomic mass is 10.0. The minimum absolute atomic E-state index is 0.241. The summed E-state index contributed by atoms with van der Waals surface area (Å²) < 4.78 is 22.6. The summed E-state index contributed by atoms with van der Waals surface area (Å²) in [7, 11) is 2.34. The summed E-state index contributed by atoms with van der Waals surface area (Å²) in [5.74, 6) is 3.37. The van der Waals surface area contributed by atoms with E-state index in [0.29, 0.717) is 11.6 Å². The van der Waals surface area contributed by atoms with Crippen LogP contribution in [0.25, 0.3) is 0 Å². The Balaban J connectivity index is 2.36. The Kier molecular flexibility index (Phi) is 6.65. The lowest BCUT2D eigenvalue weighted by molar-refractivity contribution is -0.385. The van der Waals surface area contributed by atoms with Crippen LogP contribution in [0.5, 0.6) is 0 Å². The van der Waals surface area contributed by atoms with Crippen LogP contribution in [0.1, 0.15) is 27.0 Å². The molecule has 0 unspecified atom stereocenters. The van der Waals surface area contributed by atoms with Crippen LogP contribution in [0, 0.1) is 27.8 Å². The molecule has 28 heavy (non-hydrogen) atoms. The lowest BCUT2D eigenvalue weighted by Gasteiger charge is -2.04. The van der Waals surface area contributed by atoms with Crippen molar-refractivity contribution in [3.63, 3.8) is 0 Å². The van der Waals surface area contributed by atoms with Crippen LogP contribution in [-0.2, 0) is 16.0 Å². The van der Waals surface area contributed by atoms with E-state index in [2.05, 4.69) is 26.6 Å². The fourth-order valence-electron chi connectivity index (χ4n) is 2.23. The molecule has 144 valence electrons. The molecule has 9 heteroatoms. The zero-order valence-corrected chi connectivity index (χ0v) is 14.9. The number of benzene rings is 2. The minimum Gasteiger partial charge on any atom is -0.465 e. The third-order valence-corrected chi connectivity index (χ3v) is 3.59. The van der Waals surface area contributed by atoms with Crippen LogP contribution < -0.4 is 5.32 Å². The highest BCUT2D eigenvalue weighted by Crippen LogP contribution is 2.24. The average Bonchev–Trinajstić information content (AvgIpc) is 2.70. The number of nitrogens with zero attached hydrogens (tertiary/aromatic N) is 1. The summed E-state index contributed by atoms with van der Waals surface area (Å²) in [5, 5.41) is 13.7.